The SMILES string of the molecule is COc1cccc(-c2noc(N3CCCC(C)C3)n2)c1OC. The molecular weight excluding hydrogens is 282 g/mol. The third kappa shape index (κ3) is 2.73. The Morgan fingerprint density at radius 3 is 2.86 bits per heavy atom. The molecule has 3 rings (SSSR count). The molecule has 1 aliphatic rings. The van der Waals surface area contributed by atoms with Gasteiger partial charge in [0.1, 0.15) is 0 Å². The second-order valence-corrected chi connectivity index (χ2v) is 5.64. The molecule has 1 aromatic carbocycles. The summed E-state index contributed by atoms with van der Waals surface area (Å²) in [6, 6.07) is 6.20. The number of para-hydroxylation sites is 1. The van der Waals surface area contributed by atoms with Gasteiger partial charge in [-0.2, -0.15) is 4.98 Å². The van der Waals surface area contributed by atoms with Gasteiger partial charge in [-0.3, -0.25) is 0 Å². The zero-order valence-corrected chi connectivity index (χ0v) is 13.2. The minimum absolute atomic E-state index is 0.518. The third-order valence-corrected chi connectivity index (χ3v) is 3.99. The number of ether oxygens (including phenoxy) is 2. The van der Waals surface area contributed by atoms with Crippen molar-refractivity contribution in [3.8, 4) is 22.9 Å². The van der Waals surface area contributed by atoms with Crippen molar-refractivity contribution < 1.29 is 14.0 Å². The van der Waals surface area contributed by atoms with E-state index in [1.165, 1.54) is 6.42 Å². The second-order valence-electron chi connectivity index (χ2n) is 5.64. The van der Waals surface area contributed by atoms with Crippen molar-refractivity contribution in [1.29, 1.82) is 0 Å². The van der Waals surface area contributed by atoms with E-state index in [4.69, 9.17) is 14.0 Å². The van der Waals surface area contributed by atoms with Crippen LogP contribution in [0.4, 0.5) is 6.01 Å². The highest BCUT2D eigenvalue weighted by molar-refractivity contribution is 5.69. The van der Waals surface area contributed by atoms with Gasteiger partial charge < -0.3 is 18.9 Å². The smallest absolute Gasteiger partial charge is 0.324 e. The Morgan fingerprint density at radius 1 is 1.27 bits per heavy atom. The lowest BCUT2D eigenvalue weighted by atomic mass is 10.0. The van der Waals surface area contributed by atoms with Crippen LogP contribution in [0, 0.1) is 5.92 Å². The number of anilines is 1. The Bertz CT molecular complexity index is 641. The molecule has 22 heavy (non-hydrogen) atoms. The van der Waals surface area contributed by atoms with Crippen molar-refractivity contribution >= 4 is 6.01 Å². The van der Waals surface area contributed by atoms with E-state index < -0.39 is 0 Å². The molecule has 0 aliphatic carbocycles. The molecule has 6 nitrogen and oxygen atoms in total. The Labute approximate surface area is 130 Å². The van der Waals surface area contributed by atoms with Gasteiger partial charge in [0.2, 0.25) is 5.82 Å². The van der Waals surface area contributed by atoms with Crippen LogP contribution in [-0.4, -0.2) is 37.4 Å². The van der Waals surface area contributed by atoms with Crippen LogP contribution in [0.25, 0.3) is 11.4 Å². The molecule has 0 amide bonds. The second kappa shape index (κ2) is 6.25. The van der Waals surface area contributed by atoms with E-state index in [0.717, 1.165) is 25.1 Å². The van der Waals surface area contributed by atoms with Gasteiger partial charge in [-0.25, -0.2) is 0 Å². The molecular formula is C16H21N3O3. The fourth-order valence-electron chi connectivity index (χ4n) is 2.88. The molecule has 6 heteroatoms. The van der Waals surface area contributed by atoms with E-state index in [2.05, 4.69) is 22.0 Å². The Balaban J connectivity index is 1.91. The van der Waals surface area contributed by atoms with E-state index in [1.54, 1.807) is 14.2 Å². The van der Waals surface area contributed by atoms with Crippen LogP contribution in [0.15, 0.2) is 22.7 Å². The molecule has 118 valence electrons. The molecule has 1 aliphatic heterocycles. The number of aromatic nitrogens is 2. The number of methoxy groups -OCH3 is 2. The summed E-state index contributed by atoms with van der Waals surface area (Å²) in [5, 5.41) is 4.11. The summed E-state index contributed by atoms with van der Waals surface area (Å²) in [6.45, 7) is 4.16. The van der Waals surface area contributed by atoms with Gasteiger partial charge in [-0.15, -0.1) is 0 Å². The van der Waals surface area contributed by atoms with E-state index >= 15 is 0 Å². The molecule has 0 radical (unpaired) electrons. The summed E-state index contributed by atoms with van der Waals surface area (Å²) in [7, 11) is 3.22. The summed E-state index contributed by atoms with van der Waals surface area (Å²) >= 11 is 0. The Kier molecular flexibility index (Phi) is 4.18. The highest BCUT2D eigenvalue weighted by atomic mass is 16.5. The first kappa shape index (κ1) is 14.7. The van der Waals surface area contributed by atoms with Gasteiger partial charge in [-0.05, 0) is 30.9 Å². The number of hydrogen-bond acceptors (Lipinski definition) is 6. The summed E-state index contributed by atoms with van der Waals surface area (Å²) < 4.78 is 16.2. The van der Waals surface area contributed by atoms with Crippen LogP contribution in [0.3, 0.4) is 0 Å². The van der Waals surface area contributed by atoms with Gasteiger partial charge in [0, 0.05) is 13.1 Å². The zero-order chi connectivity index (χ0) is 15.5. The molecule has 2 heterocycles. The van der Waals surface area contributed by atoms with E-state index in [0.29, 0.717) is 29.3 Å². The molecule has 0 N–H and O–H groups in total. The number of rotatable bonds is 4. The van der Waals surface area contributed by atoms with E-state index in [9.17, 15) is 0 Å². The van der Waals surface area contributed by atoms with Gasteiger partial charge in [0.15, 0.2) is 11.5 Å². The maximum Gasteiger partial charge on any atom is 0.324 e. The molecule has 0 saturated carbocycles. The standard InChI is InChI=1S/C16H21N3O3/c1-11-6-5-9-19(10-11)16-17-15(18-22-16)12-7-4-8-13(20-2)14(12)21-3/h4,7-8,11H,5-6,9-10H2,1-3H3. The lowest BCUT2D eigenvalue weighted by molar-refractivity contribution is 0.355. The number of hydrogen-bond donors (Lipinski definition) is 0. The lowest BCUT2D eigenvalue weighted by Gasteiger charge is -2.28. The molecule has 0 spiro atoms. The Morgan fingerprint density at radius 2 is 2.14 bits per heavy atom. The van der Waals surface area contributed by atoms with Gasteiger partial charge in [0.05, 0.1) is 19.8 Å². The first-order valence-electron chi connectivity index (χ1n) is 7.53. The van der Waals surface area contributed by atoms with Crippen LogP contribution in [-0.2, 0) is 0 Å². The molecule has 1 saturated heterocycles. The minimum atomic E-state index is 0.518. The van der Waals surface area contributed by atoms with Crippen molar-refractivity contribution in [2.24, 2.45) is 5.92 Å². The van der Waals surface area contributed by atoms with Crippen molar-refractivity contribution in [1.82, 2.24) is 10.1 Å². The Hall–Kier alpha value is -2.24. The quantitative estimate of drug-likeness (QED) is 0.865. The van der Waals surface area contributed by atoms with Gasteiger partial charge >= 0.3 is 6.01 Å². The molecule has 1 atom stereocenters. The van der Waals surface area contributed by atoms with E-state index in [-0.39, 0.29) is 0 Å². The monoisotopic (exact) mass is 303 g/mol. The lowest BCUT2D eigenvalue weighted by Crippen LogP contribution is -2.34. The fourth-order valence-corrected chi connectivity index (χ4v) is 2.88. The summed E-state index contributed by atoms with van der Waals surface area (Å²) in [5.41, 5.74) is 0.766. The van der Waals surface area contributed by atoms with Crippen LogP contribution >= 0.6 is 0 Å². The zero-order valence-electron chi connectivity index (χ0n) is 13.2. The van der Waals surface area contributed by atoms with Gasteiger partial charge in [0.25, 0.3) is 0 Å². The third-order valence-electron chi connectivity index (χ3n) is 3.99. The van der Waals surface area contributed by atoms with E-state index in [1.807, 2.05) is 18.2 Å². The molecule has 1 fully saturated rings. The predicted octanol–water partition coefficient (Wildman–Crippen LogP) is 2.99. The van der Waals surface area contributed by atoms with Crippen LogP contribution in [0.1, 0.15) is 19.8 Å². The van der Waals surface area contributed by atoms with Crippen LogP contribution in [0.2, 0.25) is 0 Å². The first-order valence-corrected chi connectivity index (χ1v) is 7.53. The van der Waals surface area contributed by atoms with Crippen molar-refractivity contribution in [2.75, 3.05) is 32.2 Å². The number of piperidine rings is 1. The summed E-state index contributed by atoms with van der Waals surface area (Å²) in [5.74, 6) is 2.43. The molecule has 1 unspecified atom stereocenters. The van der Waals surface area contributed by atoms with Crippen LogP contribution < -0.4 is 14.4 Å². The largest absolute Gasteiger partial charge is 0.493 e. The molecule has 1 aromatic heterocycles. The van der Waals surface area contributed by atoms with Crippen LogP contribution in [0.5, 0.6) is 11.5 Å². The summed E-state index contributed by atoms with van der Waals surface area (Å²) in [6.07, 6.45) is 2.41. The summed E-state index contributed by atoms with van der Waals surface area (Å²) in [4.78, 5) is 6.69. The number of nitrogens with zero attached hydrogens (tertiary/aromatic N) is 3. The van der Waals surface area contributed by atoms with Crippen molar-refractivity contribution in [3.05, 3.63) is 18.2 Å². The van der Waals surface area contributed by atoms with Crippen molar-refractivity contribution in [2.45, 2.75) is 19.8 Å². The maximum atomic E-state index is 5.45. The molecule has 0 bridgehead atoms. The van der Waals surface area contributed by atoms with Gasteiger partial charge in [-0.1, -0.05) is 18.1 Å². The maximum absolute atomic E-state index is 5.45. The minimum Gasteiger partial charge on any atom is -0.493 e. The average Bonchev–Trinajstić information content (AvgIpc) is 3.03. The number of benzene rings is 1. The first-order chi connectivity index (χ1) is 10.7. The van der Waals surface area contributed by atoms with Crippen molar-refractivity contribution in [3.63, 3.8) is 0 Å². The molecule has 2 aromatic rings. The topological polar surface area (TPSA) is 60.6 Å². The average molecular weight is 303 g/mol. The fraction of sp³-hybridized carbons (Fsp3) is 0.500. The predicted molar refractivity (Wildman–Crippen MR) is 83.4 cm³/mol. The normalized spacial score (nSPS) is 18.3. The highest BCUT2D eigenvalue weighted by Gasteiger charge is 2.23. The highest BCUT2D eigenvalue weighted by Crippen LogP contribution is 2.37.